The van der Waals surface area contributed by atoms with E-state index in [1.165, 1.54) is 19.3 Å². The molecular formula is C13H17NO2. The fourth-order valence-corrected chi connectivity index (χ4v) is 1.92. The number of hydrogen-bond acceptors (Lipinski definition) is 2. The quantitative estimate of drug-likeness (QED) is 0.816. The van der Waals surface area contributed by atoms with E-state index in [4.69, 9.17) is 5.11 Å². The Hall–Kier alpha value is -1.35. The van der Waals surface area contributed by atoms with Gasteiger partial charge in [-0.3, -0.25) is 4.79 Å². The van der Waals surface area contributed by atoms with Crippen molar-refractivity contribution in [2.24, 2.45) is 5.92 Å². The second kappa shape index (κ2) is 5.12. The SMILES string of the molecule is O=C(CC1CCC1)Nc1cccc(CO)c1. The third-order valence-electron chi connectivity index (χ3n) is 3.09. The molecule has 3 heteroatoms. The van der Waals surface area contributed by atoms with Crippen molar-refractivity contribution in [1.82, 2.24) is 0 Å². The van der Waals surface area contributed by atoms with Gasteiger partial charge in [-0.05, 0) is 36.5 Å². The third kappa shape index (κ3) is 2.83. The minimum absolute atomic E-state index is 0.00629. The predicted molar refractivity (Wildman–Crippen MR) is 63.0 cm³/mol. The highest BCUT2D eigenvalue weighted by Gasteiger charge is 2.20. The zero-order valence-electron chi connectivity index (χ0n) is 9.28. The number of benzene rings is 1. The lowest BCUT2D eigenvalue weighted by Gasteiger charge is -2.24. The molecule has 1 amide bonds. The summed E-state index contributed by atoms with van der Waals surface area (Å²) in [5.41, 5.74) is 1.59. The number of amides is 1. The lowest BCUT2D eigenvalue weighted by molar-refractivity contribution is -0.117. The zero-order valence-corrected chi connectivity index (χ0v) is 9.28. The Balaban J connectivity index is 1.89. The van der Waals surface area contributed by atoms with Gasteiger partial charge < -0.3 is 10.4 Å². The van der Waals surface area contributed by atoms with Crippen molar-refractivity contribution in [3.8, 4) is 0 Å². The molecular weight excluding hydrogens is 202 g/mol. The summed E-state index contributed by atoms with van der Waals surface area (Å²) in [5.74, 6) is 0.667. The van der Waals surface area contributed by atoms with Crippen LogP contribution >= 0.6 is 0 Å². The van der Waals surface area contributed by atoms with E-state index < -0.39 is 0 Å². The van der Waals surface area contributed by atoms with E-state index in [-0.39, 0.29) is 12.5 Å². The predicted octanol–water partition coefficient (Wildman–Crippen LogP) is 2.31. The van der Waals surface area contributed by atoms with Gasteiger partial charge in [0.2, 0.25) is 5.91 Å². The molecule has 86 valence electrons. The Labute approximate surface area is 95.5 Å². The van der Waals surface area contributed by atoms with Crippen LogP contribution in [0.5, 0.6) is 0 Å². The van der Waals surface area contributed by atoms with Crippen LogP contribution in [-0.4, -0.2) is 11.0 Å². The topological polar surface area (TPSA) is 49.3 Å². The Morgan fingerprint density at radius 3 is 2.88 bits per heavy atom. The summed E-state index contributed by atoms with van der Waals surface area (Å²) in [6, 6.07) is 7.32. The molecule has 1 aliphatic carbocycles. The van der Waals surface area contributed by atoms with Gasteiger partial charge >= 0.3 is 0 Å². The van der Waals surface area contributed by atoms with E-state index in [1.54, 1.807) is 6.07 Å². The molecule has 1 aromatic rings. The van der Waals surface area contributed by atoms with Crippen molar-refractivity contribution in [2.45, 2.75) is 32.3 Å². The van der Waals surface area contributed by atoms with E-state index in [9.17, 15) is 4.79 Å². The normalized spacial score (nSPS) is 15.6. The van der Waals surface area contributed by atoms with Crippen LogP contribution in [0.25, 0.3) is 0 Å². The summed E-state index contributed by atoms with van der Waals surface area (Å²) < 4.78 is 0. The van der Waals surface area contributed by atoms with Gasteiger partial charge in [0, 0.05) is 12.1 Å². The van der Waals surface area contributed by atoms with E-state index in [0.29, 0.717) is 12.3 Å². The van der Waals surface area contributed by atoms with Gasteiger partial charge in [0.25, 0.3) is 0 Å². The fraction of sp³-hybridized carbons (Fsp3) is 0.462. The van der Waals surface area contributed by atoms with Crippen LogP contribution in [0.15, 0.2) is 24.3 Å². The molecule has 1 aromatic carbocycles. The van der Waals surface area contributed by atoms with E-state index in [0.717, 1.165) is 11.3 Å². The summed E-state index contributed by atoms with van der Waals surface area (Å²) in [7, 11) is 0. The lowest BCUT2D eigenvalue weighted by atomic mass is 9.83. The molecule has 0 atom stereocenters. The average Bonchev–Trinajstić information content (AvgIpc) is 2.24. The Kier molecular flexibility index (Phi) is 3.57. The number of rotatable bonds is 4. The third-order valence-corrected chi connectivity index (χ3v) is 3.09. The van der Waals surface area contributed by atoms with Gasteiger partial charge in [-0.15, -0.1) is 0 Å². The molecule has 0 aliphatic heterocycles. The first kappa shape index (κ1) is 11.1. The highest BCUT2D eigenvalue weighted by atomic mass is 16.3. The molecule has 0 heterocycles. The first-order chi connectivity index (χ1) is 7.78. The summed E-state index contributed by atoms with van der Waals surface area (Å²) >= 11 is 0. The lowest BCUT2D eigenvalue weighted by Crippen LogP contribution is -2.20. The molecule has 0 saturated heterocycles. The van der Waals surface area contributed by atoms with Gasteiger partial charge in [0.15, 0.2) is 0 Å². The van der Waals surface area contributed by atoms with Gasteiger partial charge in [-0.25, -0.2) is 0 Å². The van der Waals surface area contributed by atoms with Crippen molar-refractivity contribution in [2.75, 3.05) is 5.32 Å². The summed E-state index contributed by atoms with van der Waals surface area (Å²) in [6.07, 6.45) is 4.26. The second-order valence-corrected chi connectivity index (χ2v) is 4.41. The van der Waals surface area contributed by atoms with Crippen molar-refractivity contribution in [3.05, 3.63) is 29.8 Å². The number of hydrogen-bond donors (Lipinski definition) is 2. The van der Waals surface area contributed by atoms with Crippen molar-refractivity contribution in [3.63, 3.8) is 0 Å². The van der Waals surface area contributed by atoms with Gasteiger partial charge in [-0.1, -0.05) is 18.6 Å². The van der Waals surface area contributed by atoms with Gasteiger partial charge in [0.05, 0.1) is 6.61 Å². The van der Waals surface area contributed by atoms with Crippen molar-refractivity contribution in [1.29, 1.82) is 0 Å². The molecule has 16 heavy (non-hydrogen) atoms. The van der Waals surface area contributed by atoms with Crippen molar-refractivity contribution >= 4 is 11.6 Å². The largest absolute Gasteiger partial charge is 0.392 e. The van der Waals surface area contributed by atoms with Gasteiger partial charge in [0.1, 0.15) is 0 Å². The maximum Gasteiger partial charge on any atom is 0.224 e. The highest BCUT2D eigenvalue weighted by molar-refractivity contribution is 5.90. The molecule has 2 N–H and O–H groups in total. The molecule has 0 spiro atoms. The van der Waals surface area contributed by atoms with Crippen LogP contribution in [0.1, 0.15) is 31.2 Å². The maximum atomic E-state index is 11.6. The number of aliphatic hydroxyl groups excluding tert-OH is 1. The van der Waals surface area contributed by atoms with Crippen LogP contribution < -0.4 is 5.32 Å². The Morgan fingerprint density at radius 1 is 1.44 bits per heavy atom. The van der Waals surface area contributed by atoms with Crippen LogP contribution in [-0.2, 0) is 11.4 Å². The number of nitrogens with one attached hydrogen (secondary N) is 1. The number of anilines is 1. The van der Waals surface area contributed by atoms with E-state index in [2.05, 4.69) is 5.32 Å². The van der Waals surface area contributed by atoms with Crippen LogP contribution in [0.2, 0.25) is 0 Å². The molecule has 0 bridgehead atoms. The zero-order chi connectivity index (χ0) is 11.4. The molecule has 0 radical (unpaired) electrons. The first-order valence-corrected chi connectivity index (χ1v) is 5.77. The van der Waals surface area contributed by atoms with Crippen molar-refractivity contribution < 1.29 is 9.90 Å². The highest BCUT2D eigenvalue weighted by Crippen LogP contribution is 2.29. The molecule has 1 fully saturated rings. The average molecular weight is 219 g/mol. The molecule has 1 aliphatic rings. The summed E-state index contributed by atoms with van der Waals surface area (Å²) in [6.45, 7) is 0.00629. The summed E-state index contributed by atoms with van der Waals surface area (Å²) in [5, 5.41) is 11.8. The molecule has 0 unspecified atom stereocenters. The smallest absolute Gasteiger partial charge is 0.224 e. The molecule has 2 rings (SSSR count). The number of aliphatic hydroxyl groups is 1. The molecule has 0 aromatic heterocycles. The minimum atomic E-state index is 0.00629. The minimum Gasteiger partial charge on any atom is -0.392 e. The first-order valence-electron chi connectivity index (χ1n) is 5.77. The van der Waals surface area contributed by atoms with Crippen LogP contribution in [0, 0.1) is 5.92 Å². The second-order valence-electron chi connectivity index (χ2n) is 4.41. The maximum absolute atomic E-state index is 11.6. The van der Waals surface area contributed by atoms with E-state index in [1.807, 2.05) is 18.2 Å². The van der Waals surface area contributed by atoms with Crippen LogP contribution in [0.4, 0.5) is 5.69 Å². The number of carbonyl (C=O) groups excluding carboxylic acids is 1. The standard InChI is InChI=1S/C13H17NO2/c15-9-11-5-2-6-12(7-11)14-13(16)8-10-3-1-4-10/h2,5-7,10,15H,1,3-4,8-9H2,(H,14,16). The Morgan fingerprint density at radius 2 is 2.25 bits per heavy atom. The summed E-state index contributed by atoms with van der Waals surface area (Å²) in [4.78, 5) is 11.6. The number of carbonyl (C=O) groups is 1. The molecule has 3 nitrogen and oxygen atoms in total. The Bertz CT molecular complexity index is 372. The van der Waals surface area contributed by atoms with Crippen LogP contribution in [0.3, 0.4) is 0 Å². The van der Waals surface area contributed by atoms with E-state index >= 15 is 0 Å². The van der Waals surface area contributed by atoms with Gasteiger partial charge in [-0.2, -0.15) is 0 Å². The monoisotopic (exact) mass is 219 g/mol. The molecule has 1 saturated carbocycles. The fourth-order valence-electron chi connectivity index (χ4n) is 1.92.